The third-order valence-electron chi connectivity index (χ3n) is 2.98. The first-order chi connectivity index (χ1) is 9.62. The zero-order valence-electron chi connectivity index (χ0n) is 12.6. The number of nitriles is 1. The van der Waals surface area contributed by atoms with Crippen LogP contribution in [-0.2, 0) is 14.4 Å². The number of thioether (sulfide) groups is 1. The molecule has 0 aromatic heterocycles. The van der Waals surface area contributed by atoms with Gasteiger partial charge in [0.1, 0.15) is 11.6 Å². The molecule has 2 atom stereocenters. The van der Waals surface area contributed by atoms with Crippen molar-refractivity contribution in [3.63, 3.8) is 0 Å². The van der Waals surface area contributed by atoms with Crippen molar-refractivity contribution < 1.29 is 19.5 Å². The Labute approximate surface area is 128 Å². The molecule has 118 valence electrons. The van der Waals surface area contributed by atoms with E-state index in [0.717, 1.165) is 11.8 Å². The molecule has 0 heterocycles. The predicted molar refractivity (Wildman–Crippen MR) is 79.6 cm³/mol. The number of hydrogen-bond donors (Lipinski definition) is 3. The highest BCUT2D eigenvalue weighted by molar-refractivity contribution is 8.00. The van der Waals surface area contributed by atoms with E-state index >= 15 is 0 Å². The Morgan fingerprint density at radius 2 is 1.95 bits per heavy atom. The van der Waals surface area contributed by atoms with Crippen LogP contribution in [0.5, 0.6) is 0 Å². The van der Waals surface area contributed by atoms with E-state index in [1.165, 1.54) is 6.92 Å². The molecule has 0 aliphatic carbocycles. The molecule has 0 radical (unpaired) electrons. The van der Waals surface area contributed by atoms with Gasteiger partial charge < -0.3 is 15.7 Å². The van der Waals surface area contributed by atoms with Crippen LogP contribution in [-0.4, -0.2) is 46.0 Å². The molecule has 0 bridgehead atoms. The third kappa shape index (κ3) is 6.99. The van der Waals surface area contributed by atoms with Crippen LogP contribution in [0.3, 0.4) is 0 Å². The Balaban J connectivity index is 4.34. The maximum atomic E-state index is 11.8. The molecule has 21 heavy (non-hydrogen) atoms. The van der Waals surface area contributed by atoms with Crippen molar-refractivity contribution >= 4 is 29.5 Å². The minimum atomic E-state index is -1.15. The molecular formula is C13H21N3O4S. The lowest BCUT2D eigenvalue weighted by Gasteiger charge is -2.27. The van der Waals surface area contributed by atoms with Gasteiger partial charge in [-0.05, 0) is 12.8 Å². The number of hydrogen-bond acceptors (Lipinski definition) is 5. The summed E-state index contributed by atoms with van der Waals surface area (Å²) in [5.74, 6) is -1.89. The first-order valence-corrected chi connectivity index (χ1v) is 7.57. The Morgan fingerprint density at radius 1 is 1.38 bits per heavy atom. The Bertz CT molecular complexity index is 447. The fourth-order valence-electron chi connectivity index (χ4n) is 1.32. The van der Waals surface area contributed by atoms with Gasteiger partial charge in [0.05, 0.1) is 11.8 Å². The number of carboxylic acid groups (broad SMARTS) is 1. The van der Waals surface area contributed by atoms with E-state index in [0.29, 0.717) is 0 Å². The molecule has 0 aromatic rings. The minimum Gasteiger partial charge on any atom is -0.480 e. The van der Waals surface area contributed by atoms with E-state index in [4.69, 9.17) is 10.4 Å². The summed E-state index contributed by atoms with van der Waals surface area (Å²) in [6.45, 7) is 6.52. The molecule has 0 aromatic carbocycles. The van der Waals surface area contributed by atoms with E-state index in [9.17, 15) is 14.4 Å². The largest absolute Gasteiger partial charge is 0.480 e. The summed E-state index contributed by atoms with van der Waals surface area (Å²) in [6, 6.07) is 1.03. The third-order valence-corrected chi connectivity index (χ3v) is 4.01. The van der Waals surface area contributed by atoms with Gasteiger partial charge in [0.15, 0.2) is 0 Å². The van der Waals surface area contributed by atoms with Gasteiger partial charge in [-0.3, -0.25) is 9.59 Å². The van der Waals surface area contributed by atoms with Gasteiger partial charge in [0.2, 0.25) is 11.8 Å². The number of nitrogens with one attached hydrogen (secondary N) is 2. The van der Waals surface area contributed by atoms with Gasteiger partial charge in [0.25, 0.3) is 0 Å². The summed E-state index contributed by atoms with van der Waals surface area (Å²) < 4.78 is 0. The lowest BCUT2D eigenvalue weighted by Crippen LogP contribution is -2.49. The molecule has 0 saturated heterocycles. The molecule has 0 spiro atoms. The van der Waals surface area contributed by atoms with Crippen molar-refractivity contribution in [3.8, 4) is 6.07 Å². The molecule has 2 amide bonds. The fourth-order valence-corrected chi connectivity index (χ4v) is 2.15. The minimum absolute atomic E-state index is 0.0212. The number of rotatable bonds is 8. The smallest absolute Gasteiger partial charge is 0.327 e. The van der Waals surface area contributed by atoms with Gasteiger partial charge in [-0.25, -0.2) is 4.79 Å². The van der Waals surface area contributed by atoms with Crippen molar-refractivity contribution in [2.45, 2.75) is 39.3 Å². The molecule has 0 fully saturated rings. The highest BCUT2D eigenvalue weighted by Gasteiger charge is 2.30. The average Bonchev–Trinajstić information content (AvgIpc) is 2.36. The molecule has 3 N–H and O–H groups in total. The van der Waals surface area contributed by atoms with E-state index in [-0.39, 0.29) is 23.3 Å². The average molecular weight is 315 g/mol. The number of amides is 2. The van der Waals surface area contributed by atoms with Crippen LogP contribution in [0.4, 0.5) is 0 Å². The predicted octanol–water partition coefficient (Wildman–Crippen LogP) is 0.363. The van der Waals surface area contributed by atoms with Crippen LogP contribution >= 0.6 is 11.8 Å². The van der Waals surface area contributed by atoms with Crippen molar-refractivity contribution in [1.29, 1.82) is 5.26 Å². The molecule has 7 nitrogen and oxygen atoms in total. The van der Waals surface area contributed by atoms with Gasteiger partial charge in [-0.15, -0.1) is 11.8 Å². The topological polar surface area (TPSA) is 119 Å². The second-order valence-corrected chi connectivity index (χ2v) is 6.15. The zero-order chi connectivity index (χ0) is 16.6. The monoisotopic (exact) mass is 315 g/mol. The lowest BCUT2D eigenvalue weighted by molar-refractivity contribution is -0.140. The molecule has 0 saturated carbocycles. The quantitative estimate of drug-likeness (QED) is 0.595. The summed E-state index contributed by atoms with van der Waals surface area (Å²) in [5, 5.41) is 22.9. The summed E-state index contributed by atoms with van der Waals surface area (Å²) in [7, 11) is 0. The van der Waals surface area contributed by atoms with Crippen molar-refractivity contribution in [2.24, 2.45) is 5.92 Å². The van der Waals surface area contributed by atoms with Crippen molar-refractivity contribution in [3.05, 3.63) is 0 Å². The molecule has 8 heteroatoms. The van der Waals surface area contributed by atoms with Crippen LogP contribution < -0.4 is 10.6 Å². The highest BCUT2D eigenvalue weighted by Crippen LogP contribution is 2.15. The number of carbonyl (C=O) groups excluding carboxylic acids is 2. The molecule has 0 rings (SSSR count). The van der Waals surface area contributed by atoms with E-state index < -0.39 is 23.5 Å². The second kappa shape index (κ2) is 8.52. The first-order valence-electron chi connectivity index (χ1n) is 6.42. The van der Waals surface area contributed by atoms with Crippen LogP contribution in [0.1, 0.15) is 27.7 Å². The zero-order valence-corrected chi connectivity index (χ0v) is 13.4. The maximum absolute atomic E-state index is 11.8. The van der Waals surface area contributed by atoms with Gasteiger partial charge in [-0.2, -0.15) is 5.26 Å². The normalized spacial score (nSPS) is 14.7. The van der Waals surface area contributed by atoms with Crippen molar-refractivity contribution in [2.75, 3.05) is 11.5 Å². The molecule has 0 aliphatic heterocycles. The number of nitrogens with zero attached hydrogens (tertiary/aromatic N) is 1. The number of aliphatic carboxylic acids is 1. The Kier molecular flexibility index (Phi) is 7.81. The highest BCUT2D eigenvalue weighted by atomic mass is 32.2. The number of carbonyl (C=O) groups is 3. The lowest BCUT2D eigenvalue weighted by atomic mass is 9.90. The Hall–Kier alpha value is -1.75. The van der Waals surface area contributed by atoms with E-state index in [2.05, 4.69) is 16.7 Å². The maximum Gasteiger partial charge on any atom is 0.327 e. The fraction of sp³-hybridized carbons (Fsp3) is 0.692. The van der Waals surface area contributed by atoms with E-state index in [1.54, 1.807) is 6.92 Å². The molecule has 1 unspecified atom stereocenters. The van der Waals surface area contributed by atoms with E-state index in [1.807, 2.05) is 13.8 Å². The van der Waals surface area contributed by atoms with Crippen molar-refractivity contribution in [1.82, 2.24) is 10.6 Å². The molecule has 0 aliphatic rings. The van der Waals surface area contributed by atoms with Gasteiger partial charge in [0, 0.05) is 12.7 Å². The van der Waals surface area contributed by atoms with Gasteiger partial charge >= 0.3 is 5.97 Å². The summed E-state index contributed by atoms with van der Waals surface area (Å²) in [5.41, 5.74) is -0.957. The van der Waals surface area contributed by atoms with Crippen LogP contribution in [0.2, 0.25) is 0 Å². The second-order valence-electron chi connectivity index (χ2n) is 5.12. The summed E-state index contributed by atoms with van der Waals surface area (Å²) in [4.78, 5) is 33.5. The van der Waals surface area contributed by atoms with Crippen LogP contribution in [0.15, 0.2) is 0 Å². The summed E-state index contributed by atoms with van der Waals surface area (Å²) in [6.07, 6.45) is 0. The SMILES string of the molecule is CC(=O)N[C@@H](CSCC(=O)NC(C)(C#N)C(C)C)C(=O)O. The van der Waals surface area contributed by atoms with Gasteiger partial charge in [-0.1, -0.05) is 13.8 Å². The molecular weight excluding hydrogens is 294 g/mol. The van der Waals surface area contributed by atoms with Crippen LogP contribution in [0.25, 0.3) is 0 Å². The number of carboxylic acids is 1. The summed E-state index contributed by atoms with van der Waals surface area (Å²) >= 11 is 1.09. The standard InChI is InChI=1S/C13H21N3O4S/c1-8(2)13(4,7-14)16-11(18)6-21-5-10(12(19)20)15-9(3)17/h8,10H,5-6H2,1-4H3,(H,15,17)(H,16,18)(H,19,20)/t10-,13?/m0/s1. The first kappa shape index (κ1) is 19.2. The Morgan fingerprint density at radius 3 is 2.33 bits per heavy atom. The van der Waals surface area contributed by atoms with Crippen LogP contribution in [0, 0.1) is 17.2 Å².